The Kier molecular flexibility index (Phi) is 4.72. The van der Waals surface area contributed by atoms with Crippen LogP contribution in [-0.4, -0.2) is 24.4 Å². The lowest BCUT2D eigenvalue weighted by atomic mass is 10.0. The van der Waals surface area contributed by atoms with Crippen LogP contribution in [0.5, 0.6) is 5.75 Å². The maximum Gasteiger partial charge on any atom is 0.573 e. The molecular formula is C15H10F3NO5. The molecule has 2 rings (SSSR count). The minimum atomic E-state index is -4.86. The number of esters is 1. The Morgan fingerprint density at radius 2 is 1.83 bits per heavy atom. The summed E-state index contributed by atoms with van der Waals surface area (Å²) in [5, 5.41) is 11.0. The predicted molar refractivity (Wildman–Crippen MR) is 76.6 cm³/mol. The van der Waals surface area contributed by atoms with Crippen molar-refractivity contribution in [2.45, 2.75) is 6.36 Å². The number of carbonyl (C=O) groups is 1. The molecule has 9 heteroatoms. The van der Waals surface area contributed by atoms with Crippen LogP contribution in [0, 0.1) is 10.1 Å². The molecular weight excluding hydrogens is 331 g/mol. The first kappa shape index (κ1) is 17.3. The van der Waals surface area contributed by atoms with Crippen LogP contribution >= 0.6 is 0 Å². The number of nitrogens with zero attached hydrogens (tertiary/aromatic N) is 1. The second kappa shape index (κ2) is 6.57. The van der Waals surface area contributed by atoms with E-state index in [-0.39, 0.29) is 16.7 Å². The summed E-state index contributed by atoms with van der Waals surface area (Å²) in [6.07, 6.45) is -4.86. The molecule has 0 aliphatic rings. The van der Waals surface area contributed by atoms with Gasteiger partial charge in [0.1, 0.15) is 5.75 Å². The Balaban J connectivity index is 2.51. The van der Waals surface area contributed by atoms with E-state index < -0.39 is 28.7 Å². The summed E-state index contributed by atoms with van der Waals surface area (Å²) >= 11 is 0. The largest absolute Gasteiger partial charge is 0.573 e. The molecule has 6 nitrogen and oxygen atoms in total. The van der Waals surface area contributed by atoms with Crippen LogP contribution in [-0.2, 0) is 4.74 Å². The van der Waals surface area contributed by atoms with Gasteiger partial charge in [0.05, 0.1) is 17.6 Å². The zero-order valence-electron chi connectivity index (χ0n) is 12.2. The van der Waals surface area contributed by atoms with Gasteiger partial charge in [-0.2, -0.15) is 0 Å². The first-order valence-corrected chi connectivity index (χ1v) is 6.43. The average Bonchev–Trinajstić information content (AvgIpc) is 2.52. The van der Waals surface area contributed by atoms with E-state index in [9.17, 15) is 28.1 Å². The van der Waals surface area contributed by atoms with Crippen molar-refractivity contribution in [1.29, 1.82) is 0 Å². The van der Waals surface area contributed by atoms with Crippen molar-refractivity contribution in [2.75, 3.05) is 7.11 Å². The second-order valence-corrected chi connectivity index (χ2v) is 4.59. The van der Waals surface area contributed by atoms with Crippen LogP contribution in [0.1, 0.15) is 10.4 Å². The molecule has 0 aliphatic heterocycles. The molecule has 126 valence electrons. The van der Waals surface area contributed by atoms with Crippen LogP contribution in [0.25, 0.3) is 11.1 Å². The lowest BCUT2D eigenvalue weighted by Gasteiger charge is -2.10. The highest BCUT2D eigenvalue weighted by Crippen LogP contribution is 2.30. The Bertz CT molecular complexity index is 789. The normalized spacial score (nSPS) is 11.0. The van der Waals surface area contributed by atoms with E-state index >= 15 is 0 Å². The van der Waals surface area contributed by atoms with Gasteiger partial charge in [-0.15, -0.1) is 13.2 Å². The number of hydrogen-bond donors (Lipinski definition) is 0. The number of alkyl halides is 3. The van der Waals surface area contributed by atoms with E-state index in [1.165, 1.54) is 18.2 Å². The fourth-order valence-corrected chi connectivity index (χ4v) is 1.99. The van der Waals surface area contributed by atoms with E-state index in [4.69, 9.17) is 0 Å². The number of nitro groups is 1. The molecule has 0 unspecified atom stereocenters. The van der Waals surface area contributed by atoms with Crippen molar-refractivity contribution in [1.82, 2.24) is 0 Å². The van der Waals surface area contributed by atoms with Crippen LogP contribution in [0.4, 0.5) is 18.9 Å². The van der Waals surface area contributed by atoms with Gasteiger partial charge in [-0.25, -0.2) is 4.79 Å². The van der Waals surface area contributed by atoms with Gasteiger partial charge in [0.15, 0.2) is 0 Å². The minimum Gasteiger partial charge on any atom is -0.465 e. The van der Waals surface area contributed by atoms with Crippen molar-refractivity contribution in [2.24, 2.45) is 0 Å². The quantitative estimate of drug-likeness (QED) is 0.478. The van der Waals surface area contributed by atoms with E-state index in [0.717, 1.165) is 31.4 Å². The second-order valence-electron chi connectivity index (χ2n) is 4.59. The molecule has 0 heterocycles. The molecule has 0 amide bonds. The van der Waals surface area contributed by atoms with Crippen molar-refractivity contribution in [3.8, 4) is 16.9 Å². The average molecular weight is 341 g/mol. The number of non-ortho nitro benzene ring substituents is 1. The molecule has 0 N–H and O–H groups in total. The Morgan fingerprint density at radius 1 is 1.12 bits per heavy atom. The number of hydrogen-bond acceptors (Lipinski definition) is 5. The van der Waals surface area contributed by atoms with Gasteiger partial charge >= 0.3 is 12.3 Å². The first-order valence-electron chi connectivity index (χ1n) is 6.43. The van der Waals surface area contributed by atoms with E-state index in [1.807, 2.05) is 0 Å². The molecule has 0 saturated carbocycles. The Hall–Kier alpha value is -3.10. The van der Waals surface area contributed by atoms with E-state index in [2.05, 4.69) is 9.47 Å². The summed E-state index contributed by atoms with van der Waals surface area (Å²) in [6, 6.07) is 8.33. The highest BCUT2D eigenvalue weighted by Gasteiger charge is 2.31. The lowest BCUT2D eigenvalue weighted by Crippen LogP contribution is -2.17. The van der Waals surface area contributed by atoms with Crippen LogP contribution in [0.2, 0.25) is 0 Å². The maximum absolute atomic E-state index is 12.3. The minimum absolute atomic E-state index is 0.0937. The fourth-order valence-electron chi connectivity index (χ4n) is 1.99. The summed E-state index contributed by atoms with van der Waals surface area (Å²) in [4.78, 5) is 21.9. The number of ether oxygens (including phenoxy) is 2. The standard InChI is InChI=1S/C15H10F3NO5/c1-23-14(20)11-5-10(6-12(7-11)19(21)22)9-3-2-4-13(8-9)24-15(16,17)18/h2-8H,1H3. The number of benzene rings is 2. The SMILES string of the molecule is COC(=O)c1cc(-c2cccc(OC(F)(F)F)c2)cc([N+](=O)[O-])c1. The predicted octanol–water partition coefficient (Wildman–Crippen LogP) is 3.95. The van der Waals surface area contributed by atoms with Crippen molar-refractivity contribution >= 4 is 11.7 Å². The topological polar surface area (TPSA) is 78.7 Å². The molecule has 0 bridgehead atoms. The molecule has 0 saturated heterocycles. The molecule has 0 aromatic heterocycles. The van der Waals surface area contributed by atoms with Crippen LogP contribution < -0.4 is 4.74 Å². The first-order chi connectivity index (χ1) is 11.2. The molecule has 0 aliphatic carbocycles. The summed E-state index contributed by atoms with van der Waals surface area (Å²) in [5.41, 5.74) is -0.0956. The maximum atomic E-state index is 12.3. The number of methoxy groups -OCH3 is 1. The van der Waals surface area contributed by atoms with Gasteiger partial charge in [0.25, 0.3) is 5.69 Å². The zero-order valence-corrected chi connectivity index (χ0v) is 12.2. The molecule has 2 aromatic rings. The highest BCUT2D eigenvalue weighted by atomic mass is 19.4. The molecule has 24 heavy (non-hydrogen) atoms. The summed E-state index contributed by atoms with van der Waals surface area (Å²) in [6.45, 7) is 0. The summed E-state index contributed by atoms with van der Waals surface area (Å²) < 4.78 is 45.2. The van der Waals surface area contributed by atoms with Crippen LogP contribution in [0.3, 0.4) is 0 Å². The van der Waals surface area contributed by atoms with Crippen molar-refractivity contribution in [3.05, 3.63) is 58.1 Å². The third-order valence-electron chi connectivity index (χ3n) is 2.95. The molecule has 0 radical (unpaired) electrons. The zero-order chi connectivity index (χ0) is 17.9. The summed E-state index contributed by atoms with van der Waals surface area (Å²) in [7, 11) is 1.11. The molecule has 0 atom stereocenters. The monoisotopic (exact) mass is 341 g/mol. The van der Waals surface area contributed by atoms with Crippen LogP contribution in [0.15, 0.2) is 42.5 Å². The summed E-state index contributed by atoms with van der Waals surface area (Å²) in [5.74, 6) is -1.28. The van der Waals surface area contributed by atoms with Gasteiger partial charge < -0.3 is 9.47 Å². The fraction of sp³-hybridized carbons (Fsp3) is 0.133. The third kappa shape index (κ3) is 4.22. The molecule has 2 aromatic carbocycles. The van der Waals surface area contributed by atoms with Gasteiger partial charge in [-0.05, 0) is 29.3 Å². The Morgan fingerprint density at radius 3 is 2.42 bits per heavy atom. The number of carbonyl (C=O) groups excluding carboxylic acids is 1. The smallest absolute Gasteiger partial charge is 0.465 e. The van der Waals surface area contributed by atoms with Crippen molar-refractivity contribution < 1.29 is 32.4 Å². The van der Waals surface area contributed by atoms with Gasteiger partial charge in [-0.3, -0.25) is 10.1 Å². The number of nitro benzene ring substituents is 1. The highest BCUT2D eigenvalue weighted by molar-refractivity contribution is 5.92. The third-order valence-corrected chi connectivity index (χ3v) is 2.95. The van der Waals surface area contributed by atoms with Gasteiger partial charge in [0.2, 0.25) is 0 Å². The van der Waals surface area contributed by atoms with E-state index in [0.29, 0.717) is 0 Å². The molecule has 0 spiro atoms. The van der Waals surface area contributed by atoms with E-state index in [1.54, 1.807) is 0 Å². The van der Waals surface area contributed by atoms with Gasteiger partial charge in [-0.1, -0.05) is 12.1 Å². The lowest BCUT2D eigenvalue weighted by molar-refractivity contribution is -0.384. The molecule has 0 fully saturated rings. The number of halogens is 3. The van der Waals surface area contributed by atoms with Crippen molar-refractivity contribution in [3.63, 3.8) is 0 Å². The van der Waals surface area contributed by atoms with Gasteiger partial charge in [0, 0.05) is 12.1 Å². The number of rotatable bonds is 4. The Labute approximate surface area is 133 Å².